The molecule has 2 aromatic carbocycles. The van der Waals surface area contributed by atoms with Crippen molar-refractivity contribution in [3.05, 3.63) is 88.3 Å². The van der Waals surface area contributed by atoms with Gasteiger partial charge in [0.2, 0.25) is 11.8 Å². The molecule has 10 heteroatoms. The van der Waals surface area contributed by atoms with Gasteiger partial charge in [0.25, 0.3) is 0 Å². The molecular formula is C28H27ClN6O3. The molecule has 0 saturated carbocycles. The van der Waals surface area contributed by atoms with Crippen molar-refractivity contribution in [2.45, 2.75) is 26.1 Å². The van der Waals surface area contributed by atoms with Crippen molar-refractivity contribution in [2.24, 2.45) is 0 Å². The standard InChI is InChI=1S/C28H27ClN6O3/c1-36-23-8-5-18(12-25(23)37-2)14-30-28-31-15-21(27-32-26(33-35(27)28)24-4-3-11-38-24)17-34-10-9-19-6-7-22(29)13-20(19)16-34/h3-8,11-13,15H,9-10,14,16-17H2,1-2H3,(H,30,31). The van der Waals surface area contributed by atoms with Crippen molar-refractivity contribution in [2.75, 3.05) is 26.1 Å². The van der Waals surface area contributed by atoms with Crippen LogP contribution < -0.4 is 14.8 Å². The molecule has 0 bridgehead atoms. The van der Waals surface area contributed by atoms with Crippen molar-refractivity contribution in [3.8, 4) is 23.1 Å². The van der Waals surface area contributed by atoms with Crippen LogP contribution in [0.2, 0.25) is 5.02 Å². The van der Waals surface area contributed by atoms with Crippen LogP contribution in [0.1, 0.15) is 22.3 Å². The molecular weight excluding hydrogens is 504 g/mol. The SMILES string of the molecule is COc1ccc(CNc2ncc(CN3CCc4ccc(Cl)cc4C3)c3nc(-c4ccco4)nn23)cc1OC. The fraction of sp³-hybridized carbons (Fsp3) is 0.250. The second-order valence-corrected chi connectivity index (χ2v) is 9.61. The molecule has 1 aliphatic rings. The summed E-state index contributed by atoms with van der Waals surface area (Å²) in [6.45, 7) is 2.97. The molecule has 0 spiro atoms. The lowest BCUT2D eigenvalue weighted by Gasteiger charge is -2.28. The summed E-state index contributed by atoms with van der Waals surface area (Å²) in [5.41, 5.74) is 5.35. The lowest BCUT2D eigenvalue weighted by molar-refractivity contribution is 0.246. The van der Waals surface area contributed by atoms with Gasteiger partial charge < -0.3 is 19.2 Å². The van der Waals surface area contributed by atoms with Crippen LogP contribution in [0.3, 0.4) is 0 Å². The third-order valence-corrected chi connectivity index (χ3v) is 6.97. The number of rotatable bonds is 8. The minimum atomic E-state index is 0.509. The van der Waals surface area contributed by atoms with Gasteiger partial charge in [-0.2, -0.15) is 4.52 Å². The zero-order valence-corrected chi connectivity index (χ0v) is 21.9. The summed E-state index contributed by atoms with van der Waals surface area (Å²) in [5, 5.41) is 8.90. The molecule has 0 amide bonds. The molecule has 0 unspecified atom stereocenters. The van der Waals surface area contributed by atoms with Crippen LogP contribution in [0.4, 0.5) is 5.95 Å². The molecule has 3 aromatic heterocycles. The summed E-state index contributed by atoms with van der Waals surface area (Å²) in [6.07, 6.45) is 4.47. The first-order valence-electron chi connectivity index (χ1n) is 12.3. The maximum atomic E-state index is 6.26. The van der Waals surface area contributed by atoms with Crippen molar-refractivity contribution < 1.29 is 13.9 Å². The molecule has 38 heavy (non-hydrogen) atoms. The molecule has 6 rings (SSSR count). The average Bonchev–Trinajstić information content (AvgIpc) is 3.63. The maximum Gasteiger partial charge on any atom is 0.226 e. The highest BCUT2D eigenvalue weighted by Crippen LogP contribution is 2.29. The van der Waals surface area contributed by atoms with Crippen LogP contribution >= 0.6 is 11.6 Å². The van der Waals surface area contributed by atoms with Gasteiger partial charge in [-0.1, -0.05) is 23.7 Å². The molecule has 0 fully saturated rings. The van der Waals surface area contributed by atoms with Crippen molar-refractivity contribution in [1.82, 2.24) is 24.5 Å². The Hall–Kier alpha value is -4.08. The summed E-state index contributed by atoms with van der Waals surface area (Å²) in [4.78, 5) is 12.0. The quantitative estimate of drug-likeness (QED) is 0.292. The fourth-order valence-corrected chi connectivity index (χ4v) is 4.99. The van der Waals surface area contributed by atoms with E-state index in [1.807, 2.05) is 42.6 Å². The van der Waals surface area contributed by atoms with Crippen LogP contribution in [0, 0.1) is 0 Å². The number of methoxy groups -OCH3 is 2. The van der Waals surface area contributed by atoms with Crippen LogP contribution in [0.25, 0.3) is 17.2 Å². The molecule has 4 heterocycles. The highest BCUT2D eigenvalue weighted by atomic mass is 35.5. The van der Waals surface area contributed by atoms with Crippen LogP contribution in [0.15, 0.2) is 65.4 Å². The third-order valence-electron chi connectivity index (χ3n) is 6.73. The van der Waals surface area contributed by atoms with E-state index in [0.717, 1.165) is 41.3 Å². The van der Waals surface area contributed by atoms with Crippen LogP contribution in [-0.4, -0.2) is 45.2 Å². The number of aromatic nitrogens is 4. The second kappa shape index (κ2) is 10.4. The van der Waals surface area contributed by atoms with E-state index in [1.54, 1.807) is 25.0 Å². The molecule has 1 aliphatic heterocycles. The number of fused-ring (bicyclic) bond motifs is 2. The highest BCUT2D eigenvalue weighted by molar-refractivity contribution is 6.30. The van der Waals surface area contributed by atoms with Gasteiger partial charge >= 0.3 is 0 Å². The number of nitrogens with one attached hydrogen (secondary N) is 1. The Labute approximate surface area is 225 Å². The summed E-state index contributed by atoms with van der Waals surface area (Å²) < 4.78 is 18.1. The largest absolute Gasteiger partial charge is 0.493 e. The molecule has 5 aromatic rings. The molecule has 0 saturated heterocycles. The van der Waals surface area contributed by atoms with Crippen LogP contribution in [0.5, 0.6) is 11.5 Å². The number of halogens is 1. The number of hydrogen-bond donors (Lipinski definition) is 1. The van der Waals surface area contributed by atoms with E-state index in [0.29, 0.717) is 42.1 Å². The Bertz CT molecular complexity index is 1580. The first-order valence-corrected chi connectivity index (χ1v) is 12.7. The Morgan fingerprint density at radius 3 is 2.76 bits per heavy atom. The van der Waals surface area contributed by atoms with Gasteiger partial charge in [0.05, 0.1) is 20.5 Å². The average molecular weight is 531 g/mol. The first-order chi connectivity index (χ1) is 18.6. The number of benzene rings is 2. The molecule has 0 atom stereocenters. The number of ether oxygens (including phenoxy) is 2. The lowest BCUT2D eigenvalue weighted by Crippen LogP contribution is -2.30. The van der Waals surface area contributed by atoms with E-state index in [9.17, 15) is 0 Å². The van der Waals surface area contributed by atoms with Gasteiger partial charge in [0, 0.05) is 43.0 Å². The molecule has 0 radical (unpaired) electrons. The Balaban J connectivity index is 1.29. The van der Waals surface area contributed by atoms with E-state index >= 15 is 0 Å². The summed E-state index contributed by atoms with van der Waals surface area (Å²) in [7, 11) is 3.25. The monoisotopic (exact) mass is 530 g/mol. The highest BCUT2D eigenvalue weighted by Gasteiger charge is 2.21. The first kappa shape index (κ1) is 24.3. The maximum absolute atomic E-state index is 6.26. The predicted molar refractivity (Wildman–Crippen MR) is 145 cm³/mol. The van der Waals surface area contributed by atoms with Gasteiger partial charge in [-0.25, -0.2) is 9.97 Å². The Kier molecular flexibility index (Phi) is 6.61. The van der Waals surface area contributed by atoms with Crippen molar-refractivity contribution in [3.63, 3.8) is 0 Å². The van der Waals surface area contributed by atoms with E-state index in [2.05, 4.69) is 22.3 Å². The minimum absolute atomic E-state index is 0.509. The van der Waals surface area contributed by atoms with Crippen molar-refractivity contribution in [1.29, 1.82) is 0 Å². The fourth-order valence-electron chi connectivity index (χ4n) is 4.79. The normalized spacial score (nSPS) is 13.4. The third kappa shape index (κ3) is 4.78. The molecule has 0 aliphatic carbocycles. The number of furan rings is 1. The minimum Gasteiger partial charge on any atom is -0.493 e. The smallest absolute Gasteiger partial charge is 0.226 e. The second-order valence-electron chi connectivity index (χ2n) is 9.17. The summed E-state index contributed by atoms with van der Waals surface area (Å²) in [5.74, 6) is 3.05. The van der Waals surface area contributed by atoms with Gasteiger partial charge in [0.15, 0.2) is 22.9 Å². The number of nitrogens with zero attached hydrogens (tertiary/aromatic N) is 5. The topological polar surface area (TPSA) is 90.0 Å². The number of hydrogen-bond acceptors (Lipinski definition) is 8. The van der Waals surface area contributed by atoms with Gasteiger partial charge in [-0.05, 0) is 59.5 Å². The van der Waals surface area contributed by atoms with E-state index in [-0.39, 0.29) is 0 Å². The number of anilines is 1. The summed E-state index contributed by atoms with van der Waals surface area (Å²) >= 11 is 6.26. The molecule has 1 N–H and O–H groups in total. The predicted octanol–water partition coefficient (Wildman–Crippen LogP) is 5.23. The van der Waals surface area contributed by atoms with E-state index in [4.69, 9.17) is 40.6 Å². The molecule has 9 nitrogen and oxygen atoms in total. The zero-order chi connectivity index (χ0) is 26.1. The van der Waals surface area contributed by atoms with Gasteiger partial charge in [-0.3, -0.25) is 4.90 Å². The zero-order valence-electron chi connectivity index (χ0n) is 21.1. The summed E-state index contributed by atoms with van der Waals surface area (Å²) in [6, 6.07) is 15.6. The Morgan fingerprint density at radius 2 is 1.95 bits per heavy atom. The molecule has 194 valence electrons. The van der Waals surface area contributed by atoms with Gasteiger partial charge in [-0.15, -0.1) is 5.10 Å². The van der Waals surface area contributed by atoms with Crippen LogP contribution in [-0.2, 0) is 26.1 Å². The Morgan fingerprint density at radius 1 is 1.05 bits per heavy atom. The lowest BCUT2D eigenvalue weighted by atomic mass is 9.99. The van der Waals surface area contributed by atoms with Gasteiger partial charge in [0.1, 0.15) is 0 Å². The van der Waals surface area contributed by atoms with Crippen molar-refractivity contribution >= 4 is 23.2 Å². The van der Waals surface area contributed by atoms with E-state index < -0.39 is 0 Å². The van der Waals surface area contributed by atoms with E-state index in [1.165, 1.54) is 11.1 Å².